The van der Waals surface area contributed by atoms with Crippen LogP contribution in [0.3, 0.4) is 0 Å². The fourth-order valence-electron chi connectivity index (χ4n) is 5.25. The van der Waals surface area contributed by atoms with Crippen molar-refractivity contribution < 1.29 is 35.8 Å². The van der Waals surface area contributed by atoms with Gasteiger partial charge in [-0.15, -0.1) is 0 Å². The van der Waals surface area contributed by atoms with Crippen molar-refractivity contribution in [2.24, 2.45) is 0 Å². The van der Waals surface area contributed by atoms with Crippen LogP contribution in [0.1, 0.15) is 66.5 Å². The smallest absolute Gasteiger partial charge is 0.374 e. The minimum absolute atomic E-state index is 0.0595. The maximum absolute atomic E-state index is 14.1. The van der Waals surface area contributed by atoms with E-state index in [1.54, 1.807) is 25.1 Å². The molecule has 0 unspecified atom stereocenters. The summed E-state index contributed by atoms with van der Waals surface area (Å²) in [6.45, 7) is 13.2. The van der Waals surface area contributed by atoms with Gasteiger partial charge in [0.05, 0.1) is 0 Å². The second-order valence-electron chi connectivity index (χ2n) is 10.1. The molecule has 3 rings (SSSR count). The predicted octanol–water partition coefficient (Wildman–Crippen LogP) is 9.06. The molecule has 1 N–H and O–H groups in total. The highest BCUT2D eigenvalue weighted by Gasteiger charge is 2.69. The lowest BCUT2D eigenvalue weighted by Gasteiger charge is -2.35. The molecular weight excluding hydrogens is 521 g/mol. The molecule has 0 saturated heterocycles. The van der Waals surface area contributed by atoms with Gasteiger partial charge in [0.25, 0.3) is 5.60 Å². The Hall–Kier alpha value is -2.87. The topological polar surface area (TPSA) is 20.2 Å². The first-order chi connectivity index (χ1) is 18.0. The molecular formula is C31H31F7O. The third-order valence-corrected chi connectivity index (χ3v) is 7.89. The number of aryl methyl sites for hydroxylation is 3. The Labute approximate surface area is 224 Å². The van der Waals surface area contributed by atoms with E-state index in [1.807, 2.05) is 39.0 Å². The van der Waals surface area contributed by atoms with Crippen LogP contribution in [0, 0.1) is 26.6 Å². The van der Waals surface area contributed by atoms with Crippen LogP contribution in [0.2, 0.25) is 0 Å². The highest BCUT2D eigenvalue weighted by Crippen LogP contribution is 2.46. The first kappa shape index (κ1) is 30.7. The minimum Gasteiger partial charge on any atom is -0.374 e. The van der Waals surface area contributed by atoms with Crippen molar-refractivity contribution in [1.82, 2.24) is 0 Å². The van der Waals surface area contributed by atoms with E-state index in [4.69, 9.17) is 6.92 Å². The van der Waals surface area contributed by atoms with Crippen LogP contribution >= 0.6 is 0 Å². The van der Waals surface area contributed by atoms with Gasteiger partial charge in [-0.05, 0) is 90.1 Å². The van der Waals surface area contributed by atoms with Crippen molar-refractivity contribution in [3.8, 4) is 11.1 Å². The molecule has 0 aliphatic rings. The molecule has 0 aliphatic carbocycles. The third kappa shape index (κ3) is 5.72. The molecule has 0 fully saturated rings. The van der Waals surface area contributed by atoms with Crippen LogP contribution in [0.5, 0.6) is 0 Å². The summed E-state index contributed by atoms with van der Waals surface area (Å²) >= 11 is 0. The predicted molar refractivity (Wildman–Crippen MR) is 138 cm³/mol. The summed E-state index contributed by atoms with van der Waals surface area (Å²) in [6.07, 6.45) is -12.5. The van der Waals surface area contributed by atoms with E-state index in [1.165, 1.54) is 18.2 Å². The summed E-state index contributed by atoms with van der Waals surface area (Å²) in [5.74, 6) is -0.507. The number of rotatable bonds is 8. The van der Waals surface area contributed by atoms with Gasteiger partial charge in [-0.3, -0.25) is 0 Å². The van der Waals surface area contributed by atoms with Crippen LogP contribution in [-0.2, 0) is 11.8 Å². The fourth-order valence-corrected chi connectivity index (χ4v) is 5.25. The van der Waals surface area contributed by atoms with Gasteiger partial charge in [-0.25, -0.2) is 4.39 Å². The molecule has 0 aromatic heterocycles. The van der Waals surface area contributed by atoms with Crippen molar-refractivity contribution in [3.63, 3.8) is 0 Å². The molecule has 0 aliphatic heterocycles. The molecule has 0 spiro atoms. The average molecular weight is 553 g/mol. The molecule has 8 heteroatoms. The van der Waals surface area contributed by atoms with Crippen molar-refractivity contribution >= 4 is 0 Å². The molecule has 0 saturated carbocycles. The minimum atomic E-state index is -5.85. The van der Waals surface area contributed by atoms with Gasteiger partial charge in [-0.2, -0.15) is 26.3 Å². The van der Waals surface area contributed by atoms with Gasteiger partial charge in [0.2, 0.25) is 0 Å². The molecule has 1 nitrogen and oxygen atoms in total. The van der Waals surface area contributed by atoms with E-state index in [0.29, 0.717) is 29.5 Å². The van der Waals surface area contributed by atoms with Crippen LogP contribution < -0.4 is 0 Å². The zero-order valence-electron chi connectivity index (χ0n) is 22.2. The summed E-state index contributed by atoms with van der Waals surface area (Å²) in [5.41, 5.74) is -0.0681. The van der Waals surface area contributed by atoms with Gasteiger partial charge < -0.3 is 5.11 Å². The highest BCUT2D eigenvalue weighted by atomic mass is 19.4. The average Bonchev–Trinajstić information content (AvgIpc) is 2.85. The lowest BCUT2D eigenvalue weighted by atomic mass is 9.69. The number of alkyl halides is 6. The van der Waals surface area contributed by atoms with Gasteiger partial charge in [-0.1, -0.05) is 62.4 Å². The van der Waals surface area contributed by atoms with E-state index < -0.39 is 42.0 Å². The Bertz CT molecular complexity index is 1300. The van der Waals surface area contributed by atoms with E-state index in [2.05, 4.69) is 0 Å². The molecule has 210 valence electrons. The largest absolute Gasteiger partial charge is 0.426 e. The Kier molecular flexibility index (Phi) is 8.61. The maximum Gasteiger partial charge on any atom is 0.426 e. The second-order valence-corrected chi connectivity index (χ2v) is 10.1. The standard InChI is InChI=1S/C31H31F7O/c1-6-28(7-2,25-12-13-26(21(5)17-25)23-9-8-19(3)27(32)18-23)24-11-10-22(20(4)16-24)14-15-29(39,30(33,34)35)31(36,37)38/h3,8-13,16-18,39H,6-7,14-15H2,1-2,4-5H3. The summed E-state index contributed by atoms with van der Waals surface area (Å²) in [7, 11) is 0. The number of benzene rings is 3. The number of hydrogen-bond donors (Lipinski definition) is 1. The highest BCUT2D eigenvalue weighted by molar-refractivity contribution is 5.68. The summed E-state index contributed by atoms with van der Waals surface area (Å²) in [5, 5.41) is 9.53. The lowest BCUT2D eigenvalue weighted by molar-refractivity contribution is -0.369. The Morgan fingerprint density at radius 2 is 1.28 bits per heavy atom. The zero-order valence-corrected chi connectivity index (χ0v) is 22.2. The second kappa shape index (κ2) is 11.0. The van der Waals surface area contributed by atoms with E-state index in [0.717, 1.165) is 22.3 Å². The van der Waals surface area contributed by atoms with Crippen LogP contribution in [-0.4, -0.2) is 23.1 Å². The van der Waals surface area contributed by atoms with Crippen molar-refractivity contribution in [3.05, 3.63) is 101 Å². The van der Waals surface area contributed by atoms with Crippen LogP contribution in [0.15, 0.2) is 54.6 Å². The summed E-state index contributed by atoms with van der Waals surface area (Å²) < 4.78 is 92.7. The molecule has 0 heterocycles. The number of hydrogen-bond acceptors (Lipinski definition) is 1. The maximum atomic E-state index is 14.1. The van der Waals surface area contributed by atoms with Gasteiger partial charge >= 0.3 is 12.4 Å². The first-order valence-electron chi connectivity index (χ1n) is 12.6. The third-order valence-electron chi connectivity index (χ3n) is 7.89. The monoisotopic (exact) mass is 552 g/mol. The van der Waals surface area contributed by atoms with E-state index >= 15 is 0 Å². The normalized spacial score (nSPS) is 13.2. The SMILES string of the molecule is [CH]c1ccc(-c2ccc(C(CC)(CC)c3ccc(CCC(O)(C(F)(F)F)C(F)(F)F)c(C)c3)cc2C)cc1F. The quantitative estimate of drug-likeness (QED) is 0.277. The van der Waals surface area contributed by atoms with E-state index in [9.17, 15) is 35.8 Å². The Morgan fingerprint density at radius 1 is 0.744 bits per heavy atom. The summed E-state index contributed by atoms with van der Waals surface area (Å²) in [4.78, 5) is 0. The van der Waals surface area contributed by atoms with Crippen LogP contribution in [0.25, 0.3) is 11.1 Å². The molecule has 3 aromatic carbocycles. The first-order valence-corrected chi connectivity index (χ1v) is 12.6. The molecule has 2 radical (unpaired) electrons. The molecule has 0 bridgehead atoms. The lowest BCUT2D eigenvalue weighted by Crippen LogP contribution is -2.57. The van der Waals surface area contributed by atoms with Crippen LogP contribution in [0.4, 0.5) is 30.7 Å². The van der Waals surface area contributed by atoms with Gasteiger partial charge in [0.15, 0.2) is 0 Å². The zero-order chi connectivity index (χ0) is 29.4. The molecule has 0 atom stereocenters. The van der Waals surface area contributed by atoms with Crippen molar-refractivity contribution in [2.45, 2.75) is 76.7 Å². The van der Waals surface area contributed by atoms with Gasteiger partial charge in [0, 0.05) is 12.3 Å². The number of aliphatic hydroxyl groups is 1. The van der Waals surface area contributed by atoms with Crippen molar-refractivity contribution in [1.29, 1.82) is 0 Å². The Morgan fingerprint density at radius 3 is 1.74 bits per heavy atom. The molecule has 3 aromatic rings. The number of halogens is 7. The van der Waals surface area contributed by atoms with Gasteiger partial charge in [0.1, 0.15) is 5.82 Å². The van der Waals surface area contributed by atoms with E-state index in [-0.39, 0.29) is 5.56 Å². The fraction of sp³-hybridized carbons (Fsp3) is 0.387. The summed E-state index contributed by atoms with van der Waals surface area (Å²) in [6, 6.07) is 15.6. The molecule has 0 amide bonds. The Balaban J connectivity index is 1.97. The van der Waals surface area contributed by atoms with Crippen molar-refractivity contribution in [2.75, 3.05) is 0 Å². The molecule has 39 heavy (non-hydrogen) atoms.